The van der Waals surface area contributed by atoms with Gasteiger partial charge in [-0.15, -0.1) is 0 Å². The van der Waals surface area contributed by atoms with Crippen LogP contribution < -0.4 is 5.32 Å². The Morgan fingerprint density at radius 1 is 1.00 bits per heavy atom. The molecule has 0 spiro atoms. The van der Waals surface area contributed by atoms with Gasteiger partial charge < -0.3 is 5.32 Å². The maximum atomic E-state index is 13.2. The van der Waals surface area contributed by atoms with E-state index in [2.05, 4.69) is 5.32 Å². The normalized spacial score (nSPS) is 17.6. The van der Waals surface area contributed by atoms with Gasteiger partial charge in [0.25, 0.3) is 0 Å². The zero-order chi connectivity index (χ0) is 26.1. The molecular formula is C26H24F4N2O3S. The number of nitrogens with zero attached hydrogens (tertiary/aromatic N) is 1. The fourth-order valence-electron chi connectivity index (χ4n) is 4.26. The average molecular weight is 521 g/mol. The fraction of sp³-hybridized carbons (Fsp3) is 0.269. The summed E-state index contributed by atoms with van der Waals surface area (Å²) in [5.74, 6) is -1.01. The van der Waals surface area contributed by atoms with Crippen LogP contribution in [0.25, 0.3) is 11.1 Å². The molecular weight excluding hydrogens is 496 g/mol. The van der Waals surface area contributed by atoms with E-state index >= 15 is 0 Å². The van der Waals surface area contributed by atoms with E-state index in [1.54, 1.807) is 31.2 Å². The molecule has 0 unspecified atom stereocenters. The van der Waals surface area contributed by atoms with Crippen LogP contribution in [0.2, 0.25) is 0 Å². The van der Waals surface area contributed by atoms with E-state index in [4.69, 9.17) is 0 Å². The summed E-state index contributed by atoms with van der Waals surface area (Å²) in [5.41, 5.74) is 1.26. The molecule has 1 saturated heterocycles. The van der Waals surface area contributed by atoms with Gasteiger partial charge in [-0.1, -0.05) is 30.3 Å². The molecule has 36 heavy (non-hydrogen) atoms. The van der Waals surface area contributed by atoms with Crippen LogP contribution in [0.5, 0.6) is 0 Å². The van der Waals surface area contributed by atoms with Crippen LogP contribution in [0.4, 0.5) is 17.6 Å². The van der Waals surface area contributed by atoms with Crippen molar-refractivity contribution in [3.05, 3.63) is 89.7 Å². The van der Waals surface area contributed by atoms with Gasteiger partial charge in [-0.3, -0.25) is 4.79 Å². The van der Waals surface area contributed by atoms with E-state index in [0.717, 1.165) is 28.6 Å². The van der Waals surface area contributed by atoms with Gasteiger partial charge in [0, 0.05) is 6.54 Å². The number of benzene rings is 3. The minimum absolute atomic E-state index is 0.0825. The molecule has 190 valence electrons. The number of hydrogen-bond acceptors (Lipinski definition) is 3. The Balaban J connectivity index is 1.49. The van der Waals surface area contributed by atoms with Crippen LogP contribution in [0.3, 0.4) is 0 Å². The molecule has 1 amide bonds. The lowest BCUT2D eigenvalue weighted by molar-refractivity contribution is -0.137. The van der Waals surface area contributed by atoms with E-state index in [-0.39, 0.29) is 11.4 Å². The Morgan fingerprint density at radius 3 is 2.31 bits per heavy atom. The highest BCUT2D eigenvalue weighted by Gasteiger charge is 2.39. The molecule has 0 radical (unpaired) electrons. The van der Waals surface area contributed by atoms with E-state index in [1.165, 1.54) is 24.3 Å². The van der Waals surface area contributed by atoms with Crippen molar-refractivity contribution in [3.8, 4) is 11.1 Å². The molecule has 10 heteroatoms. The van der Waals surface area contributed by atoms with Gasteiger partial charge in [-0.25, -0.2) is 12.8 Å². The molecule has 0 bridgehead atoms. The summed E-state index contributed by atoms with van der Waals surface area (Å²) in [7, 11) is -3.98. The van der Waals surface area contributed by atoms with Crippen LogP contribution in [0, 0.1) is 5.82 Å². The molecule has 0 aliphatic carbocycles. The predicted molar refractivity (Wildman–Crippen MR) is 127 cm³/mol. The third kappa shape index (κ3) is 5.44. The summed E-state index contributed by atoms with van der Waals surface area (Å²) >= 11 is 0. The number of hydrogen-bond donors (Lipinski definition) is 1. The first-order valence-corrected chi connectivity index (χ1v) is 12.8. The van der Waals surface area contributed by atoms with Crippen LogP contribution in [-0.2, 0) is 21.0 Å². The quantitative estimate of drug-likeness (QED) is 0.434. The lowest BCUT2D eigenvalue weighted by Crippen LogP contribution is -2.46. The highest BCUT2D eigenvalue weighted by atomic mass is 32.2. The van der Waals surface area contributed by atoms with Crippen molar-refractivity contribution >= 4 is 15.9 Å². The molecule has 3 aromatic carbocycles. The number of alkyl halides is 3. The topological polar surface area (TPSA) is 66.5 Å². The number of halogens is 4. The lowest BCUT2D eigenvalue weighted by atomic mass is 9.99. The number of amides is 1. The molecule has 1 N–H and O–H groups in total. The zero-order valence-corrected chi connectivity index (χ0v) is 20.1. The lowest BCUT2D eigenvalue weighted by Gasteiger charge is -2.25. The second-order valence-corrected chi connectivity index (χ2v) is 10.5. The first kappa shape index (κ1) is 25.8. The first-order valence-electron chi connectivity index (χ1n) is 11.3. The van der Waals surface area contributed by atoms with Crippen LogP contribution in [-0.4, -0.2) is 31.2 Å². The minimum atomic E-state index is -4.42. The third-order valence-electron chi connectivity index (χ3n) is 6.22. The monoisotopic (exact) mass is 520 g/mol. The van der Waals surface area contributed by atoms with Gasteiger partial charge >= 0.3 is 6.18 Å². The highest BCUT2D eigenvalue weighted by molar-refractivity contribution is 7.89. The van der Waals surface area contributed by atoms with E-state index < -0.39 is 45.6 Å². The summed E-state index contributed by atoms with van der Waals surface area (Å²) in [5, 5.41) is 2.85. The molecule has 0 saturated carbocycles. The standard InChI is InChI=1S/C26H24F4N2O3S/c1-17(19-4-2-5-20(16-19)18-7-9-21(10-8-18)26(28,29)30)31-25(33)24-6-3-15-32(24)36(34,35)23-13-11-22(27)12-14-23/h2,4-5,7-14,16-17,24H,3,6,15H2,1H3,(H,31,33)/t17-,24-/m0/s1. The SMILES string of the molecule is C[C@H](NC(=O)[C@@H]1CCCN1S(=O)(=O)c1ccc(F)cc1)c1cccc(-c2ccc(C(F)(F)F)cc2)c1. The van der Waals surface area contributed by atoms with Crippen molar-refractivity contribution in [2.45, 2.75) is 42.9 Å². The Labute approximate surface area is 206 Å². The summed E-state index contributed by atoms with van der Waals surface area (Å²) in [4.78, 5) is 13.0. The molecule has 1 fully saturated rings. The molecule has 2 atom stereocenters. The average Bonchev–Trinajstić information content (AvgIpc) is 3.35. The van der Waals surface area contributed by atoms with Gasteiger partial charge in [0.2, 0.25) is 15.9 Å². The first-order chi connectivity index (χ1) is 17.0. The zero-order valence-electron chi connectivity index (χ0n) is 19.3. The molecule has 1 aliphatic heterocycles. The number of rotatable bonds is 6. The number of carbonyl (C=O) groups is 1. The van der Waals surface area contributed by atoms with Gasteiger partial charge in [0.1, 0.15) is 11.9 Å². The Bertz CT molecular complexity index is 1340. The maximum absolute atomic E-state index is 13.2. The highest BCUT2D eigenvalue weighted by Crippen LogP contribution is 2.32. The van der Waals surface area contributed by atoms with Crippen molar-refractivity contribution in [3.63, 3.8) is 0 Å². The Hall–Kier alpha value is -3.24. The third-order valence-corrected chi connectivity index (χ3v) is 8.14. The smallest absolute Gasteiger partial charge is 0.348 e. The molecule has 3 aromatic rings. The number of nitrogens with one attached hydrogen (secondary N) is 1. The molecule has 1 heterocycles. The minimum Gasteiger partial charge on any atom is -0.348 e. The van der Waals surface area contributed by atoms with Crippen molar-refractivity contribution in [2.24, 2.45) is 0 Å². The second-order valence-electron chi connectivity index (χ2n) is 8.66. The van der Waals surface area contributed by atoms with Crippen molar-refractivity contribution in [1.29, 1.82) is 0 Å². The summed E-state index contributed by atoms with van der Waals surface area (Å²) in [6, 6.07) is 14.9. The van der Waals surface area contributed by atoms with Crippen LogP contribution >= 0.6 is 0 Å². The number of sulfonamides is 1. The van der Waals surface area contributed by atoms with E-state index in [0.29, 0.717) is 29.5 Å². The van der Waals surface area contributed by atoms with Gasteiger partial charge in [0.05, 0.1) is 16.5 Å². The fourth-order valence-corrected chi connectivity index (χ4v) is 5.92. The molecule has 0 aromatic heterocycles. The Kier molecular flexibility index (Phi) is 7.19. The summed E-state index contributed by atoms with van der Waals surface area (Å²) in [6.45, 7) is 1.92. The maximum Gasteiger partial charge on any atom is 0.416 e. The van der Waals surface area contributed by atoms with Crippen molar-refractivity contribution in [2.75, 3.05) is 6.54 Å². The van der Waals surface area contributed by atoms with Gasteiger partial charge in [-0.05, 0) is 78.9 Å². The molecule has 1 aliphatic rings. The largest absolute Gasteiger partial charge is 0.416 e. The molecule has 5 nitrogen and oxygen atoms in total. The van der Waals surface area contributed by atoms with E-state index in [1.807, 2.05) is 0 Å². The van der Waals surface area contributed by atoms with Gasteiger partial charge in [0.15, 0.2) is 0 Å². The van der Waals surface area contributed by atoms with Gasteiger partial charge in [-0.2, -0.15) is 17.5 Å². The molecule has 4 rings (SSSR count). The van der Waals surface area contributed by atoms with Crippen molar-refractivity contribution in [1.82, 2.24) is 9.62 Å². The predicted octanol–water partition coefficient (Wildman–Crippen LogP) is 5.54. The number of carbonyl (C=O) groups excluding carboxylic acids is 1. The van der Waals surface area contributed by atoms with Crippen LogP contribution in [0.1, 0.15) is 36.9 Å². The van der Waals surface area contributed by atoms with Crippen molar-refractivity contribution < 1.29 is 30.8 Å². The van der Waals surface area contributed by atoms with Crippen LogP contribution in [0.15, 0.2) is 77.7 Å². The second kappa shape index (κ2) is 10.0. The summed E-state index contributed by atoms with van der Waals surface area (Å²) in [6.07, 6.45) is -3.56. The van der Waals surface area contributed by atoms with E-state index in [9.17, 15) is 30.8 Å². The summed E-state index contributed by atoms with van der Waals surface area (Å²) < 4.78 is 79.1. The Morgan fingerprint density at radius 2 is 1.67 bits per heavy atom.